The fourth-order valence-electron chi connectivity index (χ4n) is 3.05. The SMILES string of the molecule is CC(C)CCNc1nc2c(c(=O)n(C)c(=O)n2C)n1Cc1c(F)cccc1Cl. The minimum absolute atomic E-state index is 0.0134. The van der Waals surface area contributed by atoms with Gasteiger partial charge in [-0.15, -0.1) is 0 Å². The first-order valence-corrected chi connectivity index (χ1v) is 9.43. The number of imidazole rings is 1. The van der Waals surface area contributed by atoms with Gasteiger partial charge in [-0.1, -0.05) is 31.5 Å². The minimum Gasteiger partial charge on any atom is -0.356 e. The molecule has 0 atom stereocenters. The average molecular weight is 408 g/mol. The predicted molar refractivity (Wildman–Crippen MR) is 109 cm³/mol. The van der Waals surface area contributed by atoms with Crippen molar-refractivity contribution in [3.8, 4) is 0 Å². The van der Waals surface area contributed by atoms with Crippen LogP contribution < -0.4 is 16.6 Å². The Kier molecular flexibility index (Phi) is 5.60. The van der Waals surface area contributed by atoms with E-state index >= 15 is 0 Å². The van der Waals surface area contributed by atoms with Crippen LogP contribution in [0.15, 0.2) is 27.8 Å². The largest absolute Gasteiger partial charge is 0.356 e. The van der Waals surface area contributed by atoms with Crippen molar-refractivity contribution in [1.82, 2.24) is 18.7 Å². The number of hydrogen-bond donors (Lipinski definition) is 1. The molecule has 0 saturated heterocycles. The molecule has 2 aromatic heterocycles. The van der Waals surface area contributed by atoms with Crippen LogP contribution >= 0.6 is 11.6 Å². The Morgan fingerprint density at radius 3 is 2.57 bits per heavy atom. The Hall–Kier alpha value is -2.61. The minimum atomic E-state index is -0.491. The lowest BCUT2D eigenvalue weighted by Gasteiger charge is -2.13. The predicted octanol–water partition coefficient (Wildman–Crippen LogP) is 2.73. The van der Waals surface area contributed by atoms with Gasteiger partial charge in [0, 0.05) is 31.2 Å². The van der Waals surface area contributed by atoms with Crippen LogP contribution in [0.4, 0.5) is 10.3 Å². The lowest BCUT2D eigenvalue weighted by molar-refractivity contribution is 0.596. The van der Waals surface area contributed by atoms with Gasteiger partial charge in [0.15, 0.2) is 11.2 Å². The van der Waals surface area contributed by atoms with E-state index in [1.165, 1.54) is 23.7 Å². The molecule has 1 N–H and O–H groups in total. The van der Waals surface area contributed by atoms with Gasteiger partial charge in [-0.3, -0.25) is 18.5 Å². The van der Waals surface area contributed by atoms with Crippen LogP contribution in [0.2, 0.25) is 5.02 Å². The first-order chi connectivity index (χ1) is 13.2. The zero-order valence-electron chi connectivity index (χ0n) is 16.3. The molecule has 0 aliphatic heterocycles. The number of hydrogen-bond acceptors (Lipinski definition) is 4. The quantitative estimate of drug-likeness (QED) is 0.681. The van der Waals surface area contributed by atoms with Crippen molar-refractivity contribution >= 4 is 28.7 Å². The monoisotopic (exact) mass is 407 g/mol. The molecule has 150 valence electrons. The third-order valence-electron chi connectivity index (χ3n) is 4.73. The second-order valence-corrected chi connectivity index (χ2v) is 7.62. The summed E-state index contributed by atoms with van der Waals surface area (Å²) in [5.41, 5.74) is -0.246. The Balaban J connectivity index is 2.22. The lowest BCUT2D eigenvalue weighted by atomic mass is 10.1. The molecule has 0 amide bonds. The molecular weight excluding hydrogens is 385 g/mol. The van der Waals surface area contributed by atoms with Gasteiger partial charge in [-0.25, -0.2) is 9.18 Å². The van der Waals surface area contributed by atoms with Crippen LogP contribution in [0.5, 0.6) is 0 Å². The summed E-state index contributed by atoms with van der Waals surface area (Å²) >= 11 is 6.19. The van der Waals surface area contributed by atoms with E-state index in [-0.39, 0.29) is 28.3 Å². The zero-order valence-corrected chi connectivity index (χ0v) is 17.0. The second kappa shape index (κ2) is 7.79. The van der Waals surface area contributed by atoms with Crippen molar-refractivity contribution in [2.24, 2.45) is 20.0 Å². The summed E-state index contributed by atoms with van der Waals surface area (Å²) in [4.78, 5) is 29.5. The average Bonchev–Trinajstić information content (AvgIpc) is 2.99. The Morgan fingerprint density at radius 2 is 1.93 bits per heavy atom. The van der Waals surface area contributed by atoms with Gasteiger partial charge in [0.1, 0.15) is 5.82 Å². The Morgan fingerprint density at radius 1 is 1.21 bits per heavy atom. The number of rotatable bonds is 6. The van der Waals surface area contributed by atoms with Crippen molar-refractivity contribution in [2.45, 2.75) is 26.8 Å². The van der Waals surface area contributed by atoms with Crippen molar-refractivity contribution in [2.75, 3.05) is 11.9 Å². The zero-order chi connectivity index (χ0) is 20.6. The smallest absolute Gasteiger partial charge is 0.332 e. The van der Waals surface area contributed by atoms with E-state index in [4.69, 9.17) is 11.6 Å². The molecule has 9 heteroatoms. The first-order valence-electron chi connectivity index (χ1n) is 9.05. The van der Waals surface area contributed by atoms with Crippen LogP contribution in [0, 0.1) is 11.7 Å². The second-order valence-electron chi connectivity index (χ2n) is 7.21. The standard InChI is InChI=1S/C19H23ClFN5O2/c1-11(2)8-9-22-18-23-16-15(17(27)25(4)19(28)24(16)3)26(18)10-12-13(20)6-5-7-14(12)21/h5-7,11H,8-10H2,1-4H3,(H,22,23). The highest BCUT2D eigenvalue weighted by Gasteiger charge is 2.21. The number of aromatic nitrogens is 4. The number of benzene rings is 1. The summed E-state index contributed by atoms with van der Waals surface area (Å²) in [5.74, 6) is 0.404. The topological polar surface area (TPSA) is 73.8 Å². The maximum atomic E-state index is 14.4. The van der Waals surface area contributed by atoms with Gasteiger partial charge in [0.05, 0.1) is 6.54 Å². The summed E-state index contributed by atoms with van der Waals surface area (Å²) < 4.78 is 18.3. The molecule has 0 fully saturated rings. The lowest BCUT2D eigenvalue weighted by Crippen LogP contribution is -2.37. The third-order valence-corrected chi connectivity index (χ3v) is 5.08. The maximum Gasteiger partial charge on any atom is 0.332 e. The van der Waals surface area contributed by atoms with Crippen molar-refractivity contribution in [3.63, 3.8) is 0 Å². The van der Waals surface area contributed by atoms with Gasteiger partial charge in [-0.05, 0) is 24.5 Å². The van der Waals surface area contributed by atoms with Crippen LogP contribution in [-0.4, -0.2) is 25.2 Å². The number of aryl methyl sites for hydroxylation is 1. The molecule has 3 aromatic rings. The molecule has 0 radical (unpaired) electrons. The summed E-state index contributed by atoms with van der Waals surface area (Å²) in [6, 6.07) is 4.44. The van der Waals surface area contributed by atoms with Crippen molar-refractivity contribution in [3.05, 3.63) is 55.4 Å². The molecule has 0 spiro atoms. The summed E-state index contributed by atoms with van der Waals surface area (Å²) in [6.07, 6.45) is 0.889. The van der Waals surface area contributed by atoms with Crippen LogP contribution in [0.25, 0.3) is 11.2 Å². The van der Waals surface area contributed by atoms with E-state index in [0.717, 1.165) is 11.0 Å². The maximum absolute atomic E-state index is 14.4. The fraction of sp³-hybridized carbons (Fsp3) is 0.421. The molecule has 0 unspecified atom stereocenters. The first kappa shape index (κ1) is 20.1. The van der Waals surface area contributed by atoms with Crippen molar-refractivity contribution < 1.29 is 4.39 Å². The number of nitrogens with zero attached hydrogens (tertiary/aromatic N) is 4. The van der Waals surface area contributed by atoms with Gasteiger partial charge >= 0.3 is 5.69 Å². The summed E-state index contributed by atoms with van der Waals surface area (Å²) in [6.45, 7) is 4.84. The molecule has 28 heavy (non-hydrogen) atoms. The molecule has 1 aromatic carbocycles. The third kappa shape index (κ3) is 3.56. The van der Waals surface area contributed by atoms with Crippen LogP contribution in [-0.2, 0) is 20.6 Å². The normalized spacial score (nSPS) is 11.5. The van der Waals surface area contributed by atoms with E-state index < -0.39 is 17.1 Å². The molecule has 2 heterocycles. The van der Waals surface area contributed by atoms with E-state index in [2.05, 4.69) is 24.1 Å². The van der Waals surface area contributed by atoms with Gasteiger partial charge in [0.25, 0.3) is 5.56 Å². The number of anilines is 1. The molecule has 7 nitrogen and oxygen atoms in total. The summed E-state index contributed by atoms with van der Waals surface area (Å²) in [7, 11) is 2.96. The van der Waals surface area contributed by atoms with Gasteiger partial charge in [0.2, 0.25) is 5.95 Å². The molecule has 0 bridgehead atoms. The molecule has 0 aliphatic rings. The van der Waals surface area contributed by atoms with Gasteiger partial charge < -0.3 is 5.32 Å². The van der Waals surface area contributed by atoms with Crippen LogP contribution in [0.3, 0.4) is 0 Å². The van der Waals surface area contributed by atoms with Gasteiger partial charge in [-0.2, -0.15) is 4.98 Å². The number of halogens is 2. The number of fused-ring (bicyclic) bond motifs is 1. The van der Waals surface area contributed by atoms with E-state index in [1.54, 1.807) is 17.7 Å². The number of nitrogens with one attached hydrogen (secondary N) is 1. The van der Waals surface area contributed by atoms with Crippen molar-refractivity contribution in [1.29, 1.82) is 0 Å². The van der Waals surface area contributed by atoms with Crippen LogP contribution in [0.1, 0.15) is 25.8 Å². The highest BCUT2D eigenvalue weighted by atomic mass is 35.5. The molecule has 0 aliphatic carbocycles. The molecule has 3 rings (SSSR count). The molecular formula is C19H23ClFN5O2. The summed E-state index contributed by atoms with van der Waals surface area (Å²) in [5, 5.41) is 3.47. The van der Waals surface area contributed by atoms with E-state index in [9.17, 15) is 14.0 Å². The molecule has 0 saturated carbocycles. The van der Waals surface area contributed by atoms with E-state index in [0.29, 0.717) is 18.4 Å². The highest BCUT2D eigenvalue weighted by molar-refractivity contribution is 6.31. The van der Waals surface area contributed by atoms with E-state index in [1.807, 2.05) is 0 Å². The Labute approximate surface area is 166 Å². The Bertz CT molecular complexity index is 1130. The fourth-order valence-corrected chi connectivity index (χ4v) is 3.27. The highest BCUT2D eigenvalue weighted by Crippen LogP contribution is 2.24.